The number of hydrogen-bond acceptors (Lipinski definition) is 2. The SMILES string of the molecule is O=C1CCSCC1CC1CCCCC1. The molecule has 0 spiro atoms. The predicted molar refractivity (Wildman–Crippen MR) is 61.6 cm³/mol. The lowest BCUT2D eigenvalue weighted by Crippen LogP contribution is -2.25. The molecule has 2 aliphatic rings. The normalized spacial score (nSPS) is 30.6. The second-order valence-electron chi connectivity index (χ2n) is 4.73. The number of rotatable bonds is 2. The zero-order valence-corrected chi connectivity index (χ0v) is 9.65. The first-order valence-corrected chi connectivity index (χ1v) is 7.12. The van der Waals surface area contributed by atoms with E-state index in [2.05, 4.69) is 0 Å². The molecule has 80 valence electrons. The molecule has 1 atom stereocenters. The molecular formula is C12H20OS. The molecule has 1 nitrogen and oxygen atoms in total. The molecule has 0 bridgehead atoms. The maximum atomic E-state index is 11.7. The van der Waals surface area contributed by atoms with Crippen molar-refractivity contribution in [1.29, 1.82) is 0 Å². The van der Waals surface area contributed by atoms with Crippen LogP contribution in [0.2, 0.25) is 0 Å². The second kappa shape index (κ2) is 5.20. The quantitative estimate of drug-likeness (QED) is 0.698. The van der Waals surface area contributed by atoms with Crippen molar-refractivity contribution in [2.75, 3.05) is 11.5 Å². The van der Waals surface area contributed by atoms with Gasteiger partial charge in [-0.3, -0.25) is 4.79 Å². The molecule has 0 aromatic rings. The van der Waals surface area contributed by atoms with Gasteiger partial charge in [-0.1, -0.05) is 32.1 Å². The molecule has 1 heterocycles. The Bertz CT molecular complexity index is 196. The summed E-state index contributed by atoms with van der Waals surface area (Å²) < 4.78 is 0. The molecule has 2 fully saturated rings. The van der Waals surface area contributed by atoms with Crippen LogP contribution in [0.15, 0.2) is 0 Å². The van der Waals surface area contributed by atoms with Crippen molar-refractivity contribution in [3.63, 3.8) is 0 Å². The summed E-state index contributed by atoms with van der Waals surface area (Å²) in [6.07, 6.45) is 9.03. The van der Waals surface area contributed by atoms with Gasteiger partial charge in [0.1, 0.15) is 5.78 Å². The molecule has 1 aliphatic carbocycles. The minimum atomic E-state index is 0.414. The fraction of sp³-hybridized carbons (Fsp3) is 0.917. The van der Waals surface area contributed by atoms with Gasteiger partial charge >= 0.3 is 0 Å². The first-order valence-electron chi connectivity index (χ1n) is 5.96. The third kappa shape index (κ3) is 2.75. The van der Waals surface area contributed by atoms with Crippen LogP contribution in [0.3, 0.4) is 0 Å². The standard InChI is InChI=1S/C12H20OS/c13-12-6-7-14-9-11(12)8-10-4-2-1-3-5-10/h10-11H,1-9H2. The van der Waals surface area contributed by atoms with Crippen LogP contribution >= 0.6 is 11.8 Å². The van der Waals surface area contributed by atoms with E-state index in [1.807, 2.05) is 11.8 Å². The van der Waals surface area contributed by atoms with E-state index in [1.54, 1.807) is 0 Å². The van der Waals surface area contributed by atoms with E-state index in [-0.39, 0.29) is 0 Å². The van der Waals surface area contributed by atoms with Crippen LogP contribution < -0.4 is 0 Å². The third-order valence-electron chi connectivity index (χ3n) is 3.61. The van der Waals surface area contributed by atoms with Crippen molar-refractivity contribution < 1.29 is 4.79 Å². The Hall–Kier alpha value is 0.0200. The number of carbonyl (C=O) groups is 1. The Morgan fingerprint density at radius 2 is 2.00 bits per heavy atom. The smallest absolute Gasteiger partial charge is 0.137 e. The number of Topliss-reactive ketones (excluding diaryl/α,β-unsaturated/α-hetero) is 1. The van der Waals surface area contributed by atoms with Gasteiger partial charge in [0.05, 0.1) is 0 Å². The minimum Gasteiger partial charge on any atom is -0.299 e. The molecule has 0 amide bonds. The van der Waals surface area contributed by atoms with Crippen molar-refractivity contribution in [3.8, 4) is 0 Å². The zero-order valence-electron chi connectivity index (χ0n) is 8.84. The van der Waals surface area contributed by atoms with Gasteiger partial charge in [0.25, 0.3) is 0 Å². The van der Waals surface area contributed by atoms with Gasteiger partial charge < -0.3 is 0 Å². The molecule has 1 unspecified atom stereocenters. The zero-order chi connectivity index (χ0) is 9.80. The van der Waals surface area contributed by atoms with Gasteiger partial charge in [-0.15, -0.1) is 0 Å². The van der Waals surface area contributed by atoms with Gasteiger partial charge in [-0.05, 0) is 12.3 Å². The van der Waals surface area contributed by atoms with Crippen LogP contribution in [0.25, 0.3) is 0 Å². The molecule has 1 saturated heterocycles. The van der Waals surface area contributed by atoms with E-state index in [9.17, 15) is 4.79 Å². The molecule has 1 saturated carbocycles. The first-order chi connectivity index (χ1) is 6.86. The summed E-state index contributed by atoms with van der Waals surface area (Å²) in [5.74, 6) is 4.01. The summed E-state index contributed by atoms with van der Waals surface area (Å²) in [6, 6.07) is 0. The average Bonchev–Trinajstić information content (AvgIpc) is 2.23. The van der Waals surface area contributed by atoms with Crippen LogP contribution in [0.5, 0.6) is 0 Å². The highest BCUT2D eigenvalue weighted by molar-refractivity contribution is 7.99. The summed E-state index contributed by atoms with van der Waals surface area (Å²) in [4.78, 5) is 11.7. The molecule has 1 aliphatic heterocycles. The first kappa shape index (κ1) is 10.5. The monoisotopic (exact) mass is 212 g/mol. The fourth-order valence-corrected chi connectivity index (χ4v) is 3.84. The van der Waals surface area contributed by atoms with Crippen LogP contribution in [-0.2, 0) is 4.79 Å². The largest absolute Gasteiger partial charge is 0.299 e. The highest BCUT2D eigenvalue weighted by Gasteiger charge is 2.26. The Morgan fingerprint density at radius 1 is 1.21 bits per heavy atom. The topological polar surface area (TPSA) is 17.1 Å². The van der Waals surface area contributed by atoms with E-state index in [0.717, 1.165) is 23.8 Å². The third-order valence-corrected chi connectivity index (χ3v) is 4.74. The summed E-state index contributed by atoms with van der Waals surface area (Å²) in [5, 5.41) is 0. The van der Waals surface area contributed by atoms with Crippen LogP contribution in [0, 0.1) is 11.8 Å². The maximum Gasteiger partial charge on any atom is 0.137 e. The molecule has 2 rings (SSSR count). The fourth-order valence-electron chi connectivity index (χ4n) is 2.72. The van der Waals surface area contributed by atoms with Gasteiger partial charge in [0.15, 0.2) is 0 Å². The van der Waals surface area contributed by atoms with Crippen molar-refractivity contribution in [2.45, 2.75) is 44.9 Å². The van der Waals surface area contributed by atoms with E-state index in [4.69, 9.17) is 0 Å². The lowest BCUT2D eigenvalue weighted by atomic mass is 9.82. The lowest BCUT2D eigenvalue weighted by Gasteiger charge is -2.27. The van der Waals surface area contributed by atoms with Gasteiger partial charge in [-0.25, -0.2) is 0 Å². The summed E-state index contributed by atoms with van der Waals surface area (Å²) in [5.41, 5.74) is 0. The van der Waals surface area contributed by atoms with Crippen LogP contribution in [0.1, 0.15) is 44.9 Å². The molecular weight excluding hydrogens is 192 g/mol. The molecule has 0 aromatic heterocycles. The van der Waals surface area contributed by atoms with Crippen molar-refractivity contribution in [3.05, 3.63) is 0 Å². The highest BCUT2D eigenvalue weighted by atomic mass is 32.2. The highest BCUT2D eigenvalue weighted by Crippen LogP contribution is 2.32. The molecule has 0 radical (unpaired) electrons. The van der Waals surface area contributed by atoms with Gasteiger partial charge in [0.2, 0.25) is 0 Å². The van der Waals surface area contributed by atoms with Gasteiger partial charge in [0, 0.05) is 23.8 Å². The molecule has 2 heteroatoms. The number of carbonyl (C=O) groups excluding carboxylic acids is 1. The van der Waals surface area contributed by atoms with E-state index in [0.29, 0.717) is 11.7 Å². The van der Waals surface area contributed by atoms with E-state index in [1.165, 1.54) is 38.5 Å². The van der Waals surface area contributed by atoms with E-state index < -0.39 is 0 Å². The number of ketones is 1. The molecule has 0 N–H and O–H groups in total. The Kier molecular flexibility index (Phi) is 3.91. The summed E-state index contributed by atoms with van der Waals surface area (Å²) in [6.45, 7) is 0. The van der Waals surface area contributed by atoms with E-state index >= 15 is 0 Å². The second-order valence-corrected chi connectivity index (χ2v) is 5.88. The molecule has 0 aromatic carbocycles. The molecule has 14 heavy (non-hydrogen) atoms. The summed E-state index contributed by atoms with van der Waals surface area (Å²) >= 11 is 1.97. The number of thioether (sulfide) groups is 1. The van der Waals surface area contributed by atoms with Crippen molar-refractivity contribution in [1.82, 2.24) is 0 Å². The minimum absolute atomic E-state index is 0.414. The Balaban J connectivity index is 1.79. The maximum absolute atomic E-state index is 11.7. The van der Waals surface area contributed by atoms with Crippen molar-refractivity contribution in [2.24, 2.45) is 11.8 Å². The van der Waals surface area contributed by atoms with Crippen LogP contribution in [-0.4, -0.2) is 17.3 Å². The van der Waals surface area contributed by atoms with Gasteiger partial charge in [-0.2, -0.15) is 11.8 Å². The average molecular weight is 212 g/mol. The number of hydrogen-bond donors (Lipinski definition) is 0. The lowest BCUT2D eigenvalue weighted by molar-refractivity contribution is -0.122. The Labute approximate surface area is 91.0 Å². The van der Waals surface area contributed by atoms with Crippen LogP contribution in [0.4, 0.5) is 0 Å². The Morgan fingerprint density at radius 3 is 2.71 bits per heavy atom. The van der Waals surface area contributed by atoms with Crippen molar-refractivity contribution >= 4 is 17.5 Å². The predicted octanol–water partition coefficient (Wildman–Crippen LogP) is 3.28. The summed E-state index contributed by atoms with van der Waals surface area (Å²) in [7, 11) is 0.